The Hall–Kier alpha value is -0.0800. The van der Waals surface area contributed by atoms with Gasteiger partial charge in [-0.3, -0.25) is 0 Å². The van der Waals surface area contributed by atoms with Crippen LogP contribution >= 0.6 is 0 Å². The summed E-state index contributed by atoms with van der Waals surface area (Å²) in [5.41, 5.74) is -0.261. The van der Waals surface area contributed by atoms with E-state index in [0.717, 1.165) is 12.8 Å². The van der Waals surface area contributed by atoms with Crippen LogP contribution in [0.5, 0.6) is 0 Å². The van der Waals surface area contributed by atoms with Crippen molar-refractivity contribution in [3.8, 4) is 0 Å². The topological polar surface area (TPSA) is 29.5 Å². The predicted molar refractivity (Wildman–Crippen MR) is 53.6 cm³/mol. The summed E-state index contributed by atoms with van der Waals surface area (Å²) in [6.45, 7) is 10.4. The Labute approximate surface area is 81.3 Å². The molecule has 2 atom stereocenters. The van der Waals surface area contributed by atoms with Crippen molar-refractivity contribution in [2.45, 2.75) is 64.8 Å². The maximum atomic E-state index is 9.85. The van der Waals surface area contributed by atoms with Gasteiger partial charge in [0.2, 0.25) is 0 Å². The molecular formula is C11H22O2. The zero-order valence-corrected chi connectivity index (χ0v) is 9.42. The van der Waals surface area contributed by atoms with Crippen LogP contribution < -0.4 is 0 Å². The van der Waals surface area contributed by atoms with E-state index in [0.29, 0.717) is 0 Å². The number of aliphatic hydroxyl groups excluding tert-OH is 1. The number of rotatable bonds is 2. The first kappa shape index (κ1) is 11.0. The van der Waals surface area contributed by atoms with Crippen molar-refractivity contribution >= 4 is 0 Å². The van der Waals surface area contributed by atoms with Gasteiger partial charge >= 0.3 is 0 Å². The molecule has 1 rings (SSSR count). The molecule has 0 spiro atoms. The molecule has 2 heteroatoms. The fourth-order valence-electron chi connectivity index (χ4n) is 2.49. The molecule has 0 bridgehead atoms. The van der Waals surface area contributed by atoms with Gasteiger partial charge in [-0.05, 0) is 40.5 Å². The van der Waals surface area contributed by atoms with Crippen molar-refractivity contribution in [2.75, 3.05) is 0 Å². The van der Waals surface area contributed by atoms with E-state index in [1.165, 1.54) is 0 Å². The zero-order chi connectivity index (χ0) is 10.3. The molecule has 0 saturated carbocycles. The zero-order valence-electron chi connectivity index (χ0n) is 9.42. The highest BCUT2D eigenvalue weighted by molar-refractivity contribution is 4.96. The summed E-state index contributed by atoms with van der Waals surface area (Å²) in [6.07, 6.45) is 1.54. The van der Waals surface area contributed by atoms with Crippen LogP contribution in [0, 0.1) is 5.92 Å². The van der Waals surface area contributed by atoms with Gasteiger partial charge in [-0.1, -0.05) is 6.92 Å². The lowest BCUT2D eigenvalue weighted by atomic mass is 9.82. The highest BCUT2D eigenvalue weighted by Gasteiger charge is 2.48. The third kappa shape index (κ3) is 2.23. The van der Waals surface area contributed by atoms with Crippen molar-refractivity contribution in [3.63, 3.8) is 0 Å². The molecule has 2 nitrogen and oxygen atoms in total. The first-order valence-corrected chi connectivity index (χ1v) is 5.17. The van der Waals surface area contributed by atoms with Crippen LogP contribution in [-0.2, 0) is 4.74 Å². The maximum Gasteiger partial charge on any atom is 0.0687 e. The standard InChI is InChI=1S/C11H22O2/c1-6-9(12)8-7-10(2,3)13-11(8,4)5/h8-9,12H,6-7H2,1-5H3. The van der Waals surface area contributed by atoms with E-state index in [2.05, 4.69) is 27.7 Å². The Kier molecular flexibility index (Phi) is 2.75. The SMILES string of the molecule is CCC(O)C1CC(C)(C)OC1(C)C. The summed E-state index contributed by atoms with van der Waals surface area (Å²) in [7, 11) is 0. The monoisotopic (exact) mass is 186 g/mol. The lowest BCUT2D eigenvalue weighted by Crippen LogP contribution is -2.35. The molecular weight excluding hydrogens is 164 g/mol. The lowest BCUT2D eigenvalue weighted by Gasteiger charge is -2.29. The van der Waals surface area contributed by atoms with E-state index in [4.69, 9.17) is 4.74 Å². The Morgan fingerprint density at radius 1 is 1.38 bits per heavy atom. The number of hydrogen-bond acceptors (Lipinski definition) is 2. The molecule has 1 aliphatic rings. The van der Waals surface area contributed by atoms with Crippen molar-refractivity contribution in [2.24, 2.45) is 5.92 Å². The van der Waals surface area contributed by atoms with E-state index < -0.39 is 0 Å². The second-order valence-electron chi connectivity index (χ2n) is 5.25. The molecule has 1 N–H and O–H groups in total. The normalized spacial score (nSPS) is 33.2. The van der Waals surface area contributed by atoms with Gasteiger partial charge in [-0.15, -0.1) is 0 Å². The molecule has 0 amide bonds. The molecule has 0 aliphatic carbocycles. The minimum Gasteiger partial charge on any atom is -0.393 e. The van der Waals surface area contributed by atoms with Gasteiger partial charge in [0.25, 0.3) is 0 Å². The van der Waals surface area contributed by atoms with Crippen LogP contribution in [0.15, 0.2) is 0 Å². The fourth-order valence-corrected chi connectivity index (χ4v) is 2.49. The first-order chi connectivity index (χ1) is 5.78. The number of aliphatic hydroxyl groups is 1. The molecule has 1 fully saturated rings. The van der Waals surface area contributed by atoms with E-state index in [-0.39, 0.29) is 23.2 Å². The molecule has 2 unspecified atom stereocenters. The Morgan fingerprint density at radius 3 is 2.23 bits per heavy atom. The second-order valence-corrected chi connectivity index (χ2v) is 5.25. The van der Waals surface area contributed by atoms with Crippen molar-refractivity contribution < 1.29 is 9.84 Å². The van der Waals surface area contributed by atoms with Gasteiger partial charge < -0.3 is 9.84 Å². The third-order valence-electron chi connectivity index (χ3n) is 3.03. The summed E-state index contributed by atoms with van der Waals surface area (Å²) in [5.74, 6) is 0.271. The fraction of sp³-hybridized carbons (Fsp3) is 1.00. The Balaban J connectivity index is 2.76. The highest BCUT2D eigenvalue weighted by atomic mass is 16.5. The minimum absolute atomic E-state index is 0.0791. The molecule has 0 aromatic heterocycles. The molecule has 78 valence electrons. The lowest BCUT2D eigenvalue weighted by molar-refractivity contribution is -0.0876. The molecule has 1 heterocycles. The van der Waals surface area contributed by atoms with Gasteiger partial charge in [0.1, 0.15) is 0 Å². The molecule has 13 heavy (non-hydrogen) atoms. The average molecular weight is 186 g/mol. The van der Waals surface area contributed by atoms with Crippen LogP contribution in [0.1, 0.15) is 47.5 Å². The minimum atomic E-state index is -0.225. The predicted octanol–water partition coefficient (Wildman–Crippen LogP) is 2.35. The van der Waals surface area contributed by atoms with E-state index >= 15 is 0 Å². The summed E-state index contributed by atoms with van der Waals surface area (Å²) >= 11 is 0. The number of ether oxygens (including phenoxy) is 1. The van der Waals surface area contributed by atoms with Gasteiger partial charge in [0.05, 0.1) is 17.3 Å². The second kappa shape index (κ2) is 3.25. The molecule has 0 aromatic rings. The van der Waals surface area contributed by atoms with Crippen molar-refractivity contribution in [3.05, 3.63) is 0 Å². The van der Waals surface area contributed by atoms with E-state index in [9.17, 15) is 5.11 Å². The molecule has 0 aromatic carbocycles. The van der Waals surface area contributed by atoms with Crippen LogP contribution in [0.3, 0.4) is 0 Å². The highest BCUT2D eigenvalue weighted by Crippen LogP contribution is 2.43. The summed E-state index contributed by atoms with van der Waals surface area (Å²) < 4.78 is 5.91. The largest absolute Gasteiger partial charge is 0.393 e. The average Bonchev–Trinajstić information content (AvgIpc) is 2.17. The summed E-state index contributed by atoms with van der Waals surface area (Å²) in [6, 6.07) is 0. The van der Waals surface area contributed by atoms with Crippen LogP contribution in [0.2, 0.25) is 0 Å². The third-order valence-corrected chi connectivity index (χ3v) is 3.03. The molecule has 1 aliphatic heterocycles. The summed E-state index contributed by atoms with van der Waals surface area (Å²) in [4.78, 5) is 0. The van der Waals surface area contributed by atoms with E-state index in [1.807, 2.05) is 6.92 Å². The van der Waals surface area contributed by atoms with Gasteiger partial charge in [0, 0.05) is 5.92 Å². The smallest absolute Gasteiger partial charge is 0.0687 e. The summed E-state index contributed by atoms with van der Waals surface area (Å²) in [5, 5.41) is 9.85. The molecule has 0 radical (unpaired) electrons. The molecule has 1 saturated heterocycles. The first-order valence-electron chi connectivity index (χ1n) is 5.17. The van der Waals surface area contributed by atoms with Gasteiger partial charge in [-0.2, -0.15) is 0 Å². The number of hydrogen-bond donors (Lipinski definition) is 1. The quantitative estimate of drug-likeness (QED) is 0.717. The van der Waals surface area contributed by atoms with Crippen LogP contribution in [0.4, 0.5) is 0 Å². The van der Waals surface area contributed by atoms with Gasteiger partial charge in [-0.25, -0.2) is 0 Å². The van der Waals surface area contributed by atoms with Crippen LogP contribution in [-0.4, -0.2) is 22.4 Å². The van der Waals surface area contributed by atoms with Gasteiger partial charge in [0.15, 0.2) is 0 Å². The van der Waals surface area contributed by atoms with Crippen molar-refractivity contribution in [1.29, 1.82) is 0 Å². The van der Waals surface area contributed by atoms with E-state index in [1.54, 1.807) is 0 Å². The van der Waals surface area contributed by atoms with Crippen molar-refractivity contribution in [1.82, 2.24) is 0 Å². The van der Waals surface area contributed by atoms with Crippen LogP contribution in [0.25, 0.3) is 0 Å². The maximum absolute atomic E-state index is 9.85. The Morgan fingerprint density at radius 2 is 1.92 bits per heavy atom. The Bertz CT molecular complexity index is 185.